The zero-order valence-electron chi connectivity index (χ0n) is 14.0. The predicted octanol–water partition coefficient (Wildman–Crippen LogP) is 2.27. The van der Waals surface area contributed by atoms with Gasteiger partial charge >= 0.3 is 5.97 Å². The quantitative estimate of drug-likeness (QED) is 0.752. The van der Waals surface area contributed by atoms with Crippen LogP contribution in [-0.4, -0.2) is 39.9 Å². The van der Waals surface area contributed by atoms with Crippen LogP contribution in [0.4, 0.5) is 5.69 Å². The van der Waals surface area contributed by atoms with Gasteiger partial charge in [0.15, 0.2) is 27.9 Å². The summed E-state index contributed by atoms with van der Waals surface area (Å²) in [4.78, 5) is 24.1. The zero-order valence-corrected chi connectivity index (χ0v) is 15.6. The van der Waals surface area contributed by atoms with Gasteiger partial charge in [-0.15, -0.1) is 0 Å². The summed E-state index contributed by atoms with van der Waals surface area (Å²) in [6.45, 7) is -0.612. The number of hydrogen-bond donors (Lipinski definition) is 1. The number of hydrogen-bond acceptors (Lipinski definition) is 7. The lowest BCUT2D eigenvalue weighted by Crippen LogP contribution is -2.22. The average molecular weight is 412 g/mol. The molecule has 27 heavy (non-hydrogen) atoms. The van der Waals surface area contributed by atoms with Crippen LogP contribution in [0.3, 0.4) is 0 Å². The van der Waals surface area contributed by atoms with Crippen LogP contribution in [0.1, 0.15) is 10.4 Å². The standard InChI is InChI=1S/C17H14ClNO7S/c1-27(22,23)14-5-3-2-4-12(14)19-15(20)8-24-17(21)10-6-11(18)16-13(7-10)25-9-26-16/h2-7H,8-9H2,1H3,(H,19,20). The van der Waals surface area contributed by atoms with Gasteiger partial charge in [0.05, 0.1) is 21.2 Å². The molecule has 0 saturated carbocycles. The van der Waals surface area contributed by atoms with Gasteiger partial charge in [-0.1, -0.05) is 23.7 Å². The molecule has 0 atom stereocenters. The fraction of sp³-hybridized carbons (Fsp3) is 0.176. The SMILES string of the molecule is CS(=O)(=O)c1ccccc1NC(=O)COC(=O)c1cc(Cl)c2c(c1)OCO2. The van der Waals surface area contributed by atoms with Crippen LogP contribution in [-0.2, 0) is 19.4 Å². The van der Waals surface area contributed by atoms with Gasteiger partial charge in [0.1, 0.15) is 0 Å². The van der Waals surface area contributed by atoms with Crippen molar-refractivity contribution in [2.24, 2.45) is 0 Å². The molecular formula is C17H14ClNO7S. The Hall–Kier alpha value is -2.78. The molecule has 142 valence electrons. The summed E-state index contributed by atoms with van der Waals surface area (Å²) in [7, 11) is -3.53. The van der Waals surface area contributed by atoms with E-state index >= 15 is 0 Å². The summed E-state index contributed by atoms with van der Waals surface area (Å²) in [6, 6.07) is 8.65. The lowest BCUT2D eigenvalue weighted by atomic mass is 10.2. The van der Waals surface area contributed by atoms with Crippen LogP contribution < -0.4 is 14.8 Å². The molecule has 8 nitrogen and oxygen atoms in total. The highest BCUT2D eigenvalue weighted by molar-refractivity contribution is 7.90. The summed E-state index contributed by atoms with van der Waals surface area (Å²) in [5, 5.41) is 2.59. The fourth-order valence-electron chi connectivity index (χ4n) is 2.38. The van der Waals surface area contributed by atoms with E-state index in [1.165, 1.54) is 30.3 Å². The Morgan fingerprint density at radius 1 is 1.22 bits per heavy atom. The molecule has 0 aromatic heterocycles. The number of sulfone groups is 1. The maximum atomic E-state index is 12.1. The van der Waals surface area contributed by atoms with Gasteiger partial charge in [-0.05, 0) is 24.3 Å². The average Bonchev–Trinajstić information content (AvgIpc) is 3.08. The van der Waals surface area contributed by atoms with E-state index in [4.69, 9.17) is 25.8 Å². The number of carbonyl (C=O) groups is 2. The molecular weight excluding hydrogens is 398 g/mol. The largest absolute Gasteiger partial charge is 0.454 e. The smallest absolute Gasteiger partial charge is 0.338 e. The lowest BCUT2D eigenvalue weighted by molar-refractivity contribution is -0.119. The van der Waals surface area contributed by atoms with Gasteiger partial charge < -0.3 is 19.5 Å². The number of benzene rings is 2. The first kappa shape index (κ1) is 19.0. The van der Waals surface area contributed by atoms with E-state index in [2.05, 4.69) is 5.32 Å². The van der Waals surface area contributed by atoms with Crippen molar-refractivity contribution in [3.8, 4) is 11.5 Å². The highest BCUT2D eigenvalue weighted by atomic mass is 35.5. The molecule has 10 heteroatoms. The minimum atomic E-state index is -3.53. The summed E-state index contributed by atoms with van der Waals surface area (Å²) >= 11 is 6.00. The summed E-state index contributed by atoms with van der Waals surface area (Å²) < 4.78 is 38.7. The highest BCUT2D eigenvalue weighted by Gasteiger charge is 2.22. The van der Waals surface area contributed by atoms with Crippen LogP contribution in [0, 0.1) is 0 Å². The lowest BCUT2D eigenvalue weighted by Gasteiger charge is -2.10. The number of nitrogens with one attached hydrogen (secondary N) is 1. The normalized spacial score (nSPS) is 12.5. The van der Waals surface area contributed by atoms with Crippen LogP contribution in [0.2, 0.25) is 5.02 Å². The van der Waals surface area contributed by atoms with Gasteiger partial charge in [0, 0.05) is 6.26 Å². The van der Waals surface area contributed by atoms with Gasteiger partial charge in [0.2, 0.25) is 6.79 Å². The topological polar surface area (TPSA) is 108 Å². The molecule has 0 radical (unpaired) electrons. The summed E-state index contributed by atoms with van der Waals surface area (Å²) in [5.41, 5.74) is 0.195. The van der Waals surface area contributed by atoms with Crippen LogP contribution in [0.5, 0.6) is 11.5 Å². The molecule has 0 bridgehead atoms. The Kier molecular flexibility index (Phi) is 5.24. The number of anilines is 1. The Bertz CT molecular complexity index is 1020. The number of carbonyl (C=O) groups excluding carboxylic acids is 2. The Balaban J connectivity index is 1.65. The van der Waals surface area contributed by atoms with Crippen molar-refractivity contribution in [2.75, 3.05) is 25.0 Å². The number of rotatable bonds is 5. The first-order valence-corrected chi connectivity index (χ1v) is 9.88. The number of fused-ring (bicyclic) bond motifs is 1. The third kappa shape index (κ3) is 4.32. The van der Waals surface area contributed by atoms with Crippen molar-refractivity contribution >= 4 is 39.0 Å². The second-order valence-electron chi connectivity index (χ2n) is 5.58. The van der Waals surface area contributed by atoms with E-state index in [0.717, 1.165) is 6.26 Å². The number of ether oxygens (including phenoxy) is 3. The van der Waals surface area contributed by atoms with Crippen LogP contribution >= 0.6 is 11.6 Å². The third-order valence-electron chi connectivity index (χ3n) is 3.56. The van der Waals surface area contributed by atoms with Crippen molar-refractivity contribution in [1.29, 1.82) is 0 Å². The molecule has 0 spiro atoms. The second kappa shape index (κ2) is 7.45. The molecule has 2 aromatic carbocycles. The van der Waals surface area contributed by atoms with Crippen molar-refractivity contribution in [1.82, 2.24) is 0 Å². The first-order valence-electron chi connectivity index (χ1n) is 7.61. The van der Waals surface area contributed by atoms with E-state index in [9.17, 15) is 18.0 Å². The zero-order chi connectivity index (χ0) is 19.6. The molecule has 0 aliphatic carbocycles. The molecule has 1 amide bonds. The van der Waals surface area contributed by atoms with E-state index in [1.807, 2.05) is 0 Å². The Morgan fingerprint density at radius 3 is 2.70 bits per heavy atom. The minimum Gasteiger partial charge on any atom is -0.454 e. The molecule has 1 aliphatic heterocycles. The maximum Gasteiger partial charge on any atom is 0.338 e. The van der Waals surface area contributed by atoms with Gasteiger partial charge in [-0.3, -0.25) is 4.79 Å². The van der Waals surface area contributed by atoms with E-state index in [1.54, 1.807) is 6.07 Å². The number of para-hydroxylation sites is 1. The van der Waals surface area contributed by atoms with Crippen molar-refractivity contribution in [3.05, 3.63) is 47.0 Å². The number of esters is 1. The molecule has 1 N–H and O–H groups in total. The maximum absolute atomic E-state index is 12.1. The van der Waals surface area contributed by atoms with Gasteiger partial charge in [-0.25, -0.2) is 13.2 Å². The fourth-order valence-corrected chi connectivity index (χ4v) is 3.49. The minimum absolute atomic E-state index is 0.00426. The van der Waals surface area contributed by atoms with Crippen LogP contribution in [0.25, 0.3) is 0 Å². The van der Waals surface area contributed by atoms with E-state index in [-0.39, 0.29) is 28.0 Å². The highest BCUT2D eigenvalue weighted by Crippen LogP contribution is 2.39. The molecule has 0 fully saturated rings. The van der Waals surface area contributed by atoms with E-state index in [0.29, 0.717) is 11.5 Å². The Morgan fingerprint density at radius 2 is 1.96 bits per heavy atom. The number of halogens is 1. The molecule has 0 saturated heterocycles. The molecule has 2 aromatic rings. The third-order valence-corrected chi connectivity index (χ3v) is 4.99. The molecule has 3 rings (SSSR count). The molecule has 0 unspecified atom stereocenters. The van der Waals surface area contributed by atoms with Gasteiger partial charge in [0.25, 0.3) is 5.91 Å². The molecule has 1 aliphatic rings. The predicted molar refractivity (Wildman–Crippen MR) is 96.0 cm³/mol. The van der Waals surface area contributed by atoms with E-state index < -0.39 is 28.3 Å². The van der Waals surface area contributed by atoms with Crippen molar-refractivity contribution in [2.45, 2.75) is 4.90 Å². The summed E-state index contributed by atoms with van der Waals surface area (Å²) in [6.07, 6.45) is 1.03. The second-order valence-corrected chi connectivity index (χ2v) is 7.98. The monoisotopic (exact) mass is 411 g/mol. The Labute approximate surface area is 159 Å². The number of amides is 1. The summed E-state index contributed by atoms with van der Waals surface area (Å²) in [5.74, 6) is -0.836. The first-order chi connectivity index (χ1) is 12.8. The van der Waals surface area contributed by atoms with Crippen molar-refractivity contribution in [3.63, 3.8) is 0 Å². The van der Waals surface area contributed by atoms with Crippen molar-refractivity contribution < 1.29 is 32.2 Å². The van der Waals surface area contributed by atoms with Crippen LogP contribution in [0.15, 0.2) is 41.3 Å². The molecule has 1 heterocycles. The van der Waals surface area contributed by atoms with Gasteiger partial charge in [-0.2, -0.15) is 0 Å².